The Morgan fingerprint density at radius 3 is 1.54 bits per heavy atom. The summed E-state index contributed by atoms with van der Waals surface area (Å²) in [4.78, 5) is 43.7. The summed E-state index contributed by atoms with van der Waals surface area (Å²) in [7, 11) is -1.50. The second-order valence-electron chi connectivity index (χ2n) is 25.3. The Labute approximate surface area is 503 Å². The van der Waals surface area contributed by atoms with E-state index in [9.17, 15) is 19.6 Å². The van der Waals surface area contributed by atoms with Crippen LogP contribution in [0, 0.1) is 38.5 Å². The van der Waals surface area contributed by atoms with Gasteiger partial charge in [0.25, 0.3) is 0 Å². The third kappa shape index (κ3) is 15.0. The molecule has 0 saturated heterocycles. The minimum atomic E-state index is -1.50. The third-order valence-electron chi connectivity index (χ3n) is 14.0. The average molecular weight is 1210 g/mol. The van der Waals surface area contributed by atoms with Crippen molar-refractivity contribution >= 4 is 96.5 Å². The highest BCUT2D eigenvalue weighted by atomic mass is 79.9. The van der Waals surface area contributed by atoms with Crippen molar-refractivity contribution < 1.29 is 48.1 Å². The minimum absolute atomic E-state index is 0. The first kappa shape index (κ1) is 64.3. The quantitative estimate of drug-likeness (QED) is 0.0974. The minimum Gasteiger partial charge on any atom is -0.493 e. The highest BCUT2D eigenvalue weighted by molar-refractivity contribution is 9.10. The van der Waals surface area contributed by atoms with Crippen LogP contribution in [0.4, 0.5) is 0 Å². The molecule has 0 amide bonds. The molecule has 4 aromatic carbocycles. The Balaban J connectivity index is 0.000000194. The number of ether oxygens (including phenoxy) is 6. The molecule has 0 aliphatic carbocycles. The Kier molecular flexibility index (Phi) is 19.8. The second kappa shape index (κ2) is 25.5. The summed E-state index contributed by atoms with van der Waals surface area (Å²) in [6, 6.07) is 23.9. The zero-order chi connectivity index (χ0) is 59.8. The number of halogens is 2. The summed E-state index contributed by atoms with van der Waals surface area (Å²) in [6.45, 7) is 32.9. The number of aryl methyl sites for hydroxylation is 4. The van der Waals surface area contributed by atoms with Crippen molar-refractivity contribution in [2.24, 2.45) is 10.8 Å². The molecule has 440 valence electrons. The number of pyridine rings is 4. The predicted octanol–water partition coefficient (Wildman–Crippen LogP) is 13.8. The number of carbonyl (C=O) groups excluding carboxylic acids is 2. The van der Waals surface area contributed by atoms with Gasteiger partial charge in [0.2, 0.25) is 0 Å². The Hall–Kier alpha value is -6.27. The topological polar surface area (TPSA) is 182 Å². The normalized spacial score (nSPS) is 13.8. The molecule has 0 saturated carbocycles. The maximum Gasteiger partial charge on any atom is 0.490 e. The highest BCUT2D eigenvalue weighted by Gasteiger charge is 2.33. The molecule has 6 heterocycles. The van der Waals surface area contributed by atoms with E-state index in [4.69, 9.17) is 38.4 Å². The van der Waals surface area contributed by atoms with E-state index in [2.05, 4.69) is 69.2 Å². The third-order valence-corrected chi connectivity index (χ3v) is 14.9. The SMILES string of the molecule is Cc1ccc2c(-c3ccc4c5c(ccnc35)CCO4)c([C@@H](COC(=O)C(C)(C)C)OC(C)(C)C)c(C)cc2n1.Cc1ccc2c(Br)c([C@@H](COC(=O)C(C)(C)C)OC(C)(C)C)c(C)cc2n1.Cl.OB(O)c1ccc2c3c(ccnc13)CCO2. The summed E-state index contributed by atoms with van der Waals surface area (Å²) in [5.74, 6) is 1.13. The maximum atomic E-state index is 12.8. The lowest BCUT2D eigenvalue weighted by Gasteiger charge is -2.31. The summed E-state index contributed by atoms with van der Waals surface area (Å²) >= 11 is 3.75. The fraction of sp³-hybridized carbons (Fsp3) is 0.424. The van der Waals surface area contributed by atoms with Crippen molar-refractivity contribution in [3.05, 3.63) is 134 Å². The molecule has 8 aromatic rings. The maximum absolute atomic E-state index is 12.8. The largest absolute Gasteiger partial charge is 0.493 e. The van der Waals surface area contributed by atoms with E-state index in [1.54, 1.807) is 18.3 Å². The van der Waals surface area contributed by atoms with Crippen molar-refractivity contribution in [3.8, 4) is 22.6 Å². The van der Waals surface area contributed by atoms with Gasteiger partial charge in [-0.2, -0.15) is 0 Å². The van der Waals surface area contributed by atoms with Gasteiger partial charge < -0.3 is 38.5 Å². The van der Waals surface area contributed by atoms with Crippen LogP contribution in [-0.4, -0.2) is 86.7 Å². The van der Waals surface area contributed by atoms with Gasteiger partial charge in [-0.1, -0.05) is 12.1 Å². The number of fused-ring (bicyclic) bond motifs is 2. The molecule has 0 spiro atoms. The molecule has 10 rings (SSSR count). The Bertz CT molecular complexity index is 3700. The number of hydrogen-bond acceptors (Lipinski definition) is 14. The number of hydrogen-bond donors (Lipinski definition) is 2. The van der Waals surface area contributed by atoms with Gasteiger partial charge in [-0.05, 0) is 221 Å². The lowest BCUT2D eigenvalue weighted by molar-refractivity contribution is -0.162. The van der Waals surface area contributed by atoms with Gasteiger partial charge in [0.05, 0.1) is 57.3 Å². The lowest BCUT2D eigenvalue weighted by Crippen LogP contribution is -2.31. The standard InChI is InChI=1S/C33H38N2O4.C22H30BrNO3.C11H10BNO3.ClH/c1-19-17-24-22(10-9-20(2)35-24)29(23-11-12-25-28-21(14-16-37-25)13-15-34-30(23)28)27(19)26(39-33(6,7)8)18-38-31(36)32(3,4)5;1-13-11-16-15(10-9-14(2)24-16)19(23)18(13)17(27-22(6,7)8)12-26-20(25)21(3,4)5;14-12(15)8-1-2-9-10-7(4-6-16-9)3-5-13-11(8)10;/h9-13,15,17,26H,14,16,18H2,1-8H3;9-11,17H,12H2,1-8H3;1-3,5,14-15H,4,6H2;1H/t26-;17-;;/m11../s1. The predicted molar refractivity (Wildman–Crippen MR) is 336 cm³/mol. The molecule has 2 atom stereocenters. The van der Waals surface area contributed by atoms with Crippen LogP contribution in [0.25, 0.3) is 54.7 Å². The first-order valence-electron chi connectivity index (χ1n) is 28.0. The van der Waals surface area contributed by atoms with Crippen LogP contribution >= 0.6 is 28.3 Å². The number of esters is 2. The fourth-order valence-corrected chi connectivity index (χ4v) is 11.2. The van der Waals surface area contributed by atoms with E-state index in [1.807, 2.05) is 134 Å². The van der Waals surface area contributed by atoms with Crippen LogP contribution in [0.5, 0.6) is 11.5 Å². The monoisotopic (exact) mass is 1210 g/mol. The summed E-state index contributed by atoms with van der Waals surface area (Å²) in [6.07, 6.45) is 4.37. The first-order chi connectivity index (χ1) is 38.4. The van der Waals surface area contributed by atoms with Crippen molar-refractivity contribution in [2.45, 2.75) is 147 Å². The second-order valence-corrected chi connectivity index (χ2v) is 26.1. The highest BCUT2D eigenvalue weighted by Crippen LogP contribution is 2.46. The Morgan fingerprint density at radius 2 is 1.05 bits per heavy atom. The van der Waals surface area contributed by atoms with Crippen LogP contribution < -0.4 is 14.9 Å². The lowest BCUT2D eigenvalue weighted by atomic mass is 9.78. The molecular formula is C66H79BBrClN4O10. The van der Waals surface area contributed by atoms with Crippen LogP contribution in [0.3, 0.4) is 0 Å². The molecular weight excluding hydrogens is 1130 g/mol. The molecule has 83 heavy (non-hydrogen) atoms. The van der Waals surface area contributed by atoms with Gasteiger partial charge in [0.15, 0.2) is 0 Å². The molecule has 2 N–H and O–H groups in total. The van der Waals surface area contributed by atoms with E-state index < -0.39 is 29.7 Å². The molecule has 2 aliphatic rings. The van der Waals surface area contributed by atoms with Gasteiger partial charge in [-0.3, -0.25) is 29.5 Å². The molecule has 0 unspecified atom stereocenters. The molecule has 2 aliphatic heterocycles. The number of nitrogens with zero attached hydrogens (tertiary/aromatic N) is 4. The molecule has 0 bridgehead atoms. The van der Waals surface area contributed by atoms with Gasteiger partial charge in [-0.15, -0.1) is 12.4 Å². The van der Waals surface area contributed by atoms with E-state index in [-0.39, 0.29) is 49.3 Å². The smallest absolute Gasteiger partial charge is 0.490 e. The molecule has 0 radical (unpaired) electrons. The van der Waals surface area contributed by atoms with Gasteiger partial charge >= 0.3 is 19.1 Å². The molecule has 14 nitrogen and oxygen atoms in total. The van der Waals surface area contributed by atoms with Crippen molar-refractivity contribution in [1.82, 2.24) is 19.9 Å². The summed E-state index contributed by atoms with van der Waals surface area (Å²) < 4.78 is 36.9. The van der Waals surface area contributed by atoms with Crippen LogP contribution in [0.15, 0.2) is 89.7 Å². The first-order valence-corrected chi connectivity index (χ1v) is 28.8. The van der Waals surface area contributed by atoms with Crippen LogP contribution in [0.1, 0.15) is 140 Å². The van der Waals surface area contributed by atoms with E-state index in [0.29, 0.717) is 24.2 Å². The molecule has 17 heteroatoms. The number of benzene rings is 4. The molecule has 0 fully saturated rings. The fourth-order valence-electron chi connectivity index (χ4n) is 10.3. The van der Waals surface area contributed by atoms with Gasteiger partial charge in [-0.25, -0.2) is 0 Å². The summed E-state index contributed by atoms with van der Waals surface area (Å²) in [5, 5.41) is 22.5. The Morgan fingerprint density at radius 1 is 0.602 bits per heavy atom. The van der Waals surface area contributed by atoms with Crippen LogP contribution in [-0.2, 0) is 41.4 Å². The van der Waals surface area contributed by atoms with E-state index in [0.717, 1.165) is 117 Å². The summed E-state index contributed by atoms with van der Waals surface area (Å²) in [5.41, 5.74) is 12.1. The van der Waals surface area contributed by atoms with E-state index in [1.165, 1.54) is 5.56 Å². The van der Waals surface area contributed by atoms with Crippen LogP contribution in [0.2, 0.25) is 0 Å². The van der Waals surface area contributed by atoms with E-state index >= 15 is 0 Å². The average Bonchev–Trinajstić information content (AvgIpc) is 3.15. The van der Waals surface area contributed by atoms with Crippen molar-refractivity contribution in [1.29, 1.82) is 0 Å². The molecule has 4 aromatic heterocycles. The van der Waals surface area contributed by atoms with Gasteiger partial charge in [0, 0.05) is 79.2 Å². The number of aromatic nitrogens is 4. The van der Waals surface area contributed by atoms with Crippen molar-refractivity contribution in [2.75, 3.05) is 26.4 Å². The number of rotatable bonds is 10. The van der Waals surface area contributed by atoms with Gasteiger partial charge in [0.1, 0.15) is 36.9 Å². The number of carbonyl (C=O) groups is 2. The zero-order valence-electron chi connectivity index (χ0n) is 50.8. The zero-order valence-corrected chi connectivity index (χ0v) is 53.2. The van der Waals surface area contributed by atoms with Crippen molar-refractivity contribution in [3.63, 3.8) is 0 Å².